The van der Waals surface area contributed by atoms with E-state index in [-0.39, 0.29) is 5.56 Å². The lowest BCUT2D eigenvalue weighted by Crippen LogP contribution is -2.52. The van der Waals surface area contributed by atoms with Crippen molar-refractivity contribution in [2.45, 2.75) is 31.6 Å². The molecular weight excluding hydrogens is 342 g/mol. The van der Waals surface area contributed by atoms with Crippen molar-refractivity contribution in [3.05, 3.63) is 82.3 Å². The molecule has 4 rings (SSSR count). The molecule has 3 aromatic rings. The first-order valence-corrected chi connectivity index (χ1v) is 8.69. The Morgan fingerprint density at radius 2 is 1.89 bits per heavy atom. The molecule has 0 spiro atoms. The third kappa shape index (κ3) is 2.73. The van der Waals surface area contributed by atoms with Crippen LogP contribution in [0.25, 0.3) is 5.69 Å². The van der Waals surface area contributed by atoms with Crippen LogP contribution in [0.3, 0.4) is 0 Å². The molecule has 0 aliphatic carbocycles. The minimum atomic E-state index is -0.992. The molecule has 2 aromatic carbocycles. The Morgan fingerprint density at radius 1 is 1.15 bits per heavy atom. The summed E-state index contributed by atoms with van der Waals surface area (Å²) in [4.78, 5) is 12.8. The number of para-hydroxylation sites is 1. The van der Waals surface area contributed by atoms with E-state index in [1.807, 2.05) is 30.3 Å². The van der Waals surface area contributed by atoms with E-state index in [0.717, 1.165) is 5.69 Å². The van der Waals surface area contributed by atoms with Crippen LogP contribution in [-0.4, -0.2) is 26.2 Å². The van der Waals surface area contributed by atoms with Crippen molar-refractivity contribution < 1.29 is 9.84 Å². The number of fused-ring (bicyclic) bond motifs is 1. The van der Waals surface area contributed by atoms with Crippen molar-refractivity contribution in [1.29, 1.82) is 5.26 Å². The number of ether oxygens (including phenoxy) is 1. The van der Waals surface area contributed by atoms with Crippen molar-refractivity contribution in [3.63, 3.8) is 0 Å². The molecule has 1 aliphatic rings. The van der Waals surface area contributed by atoms with Gasteiger partial charge in [0.05, 0.1) is 17.3 Å². The molecule has 6 heteroatoms. The van der Waals surface area contributed by atoms with E-state index in [2.05, 4.69) is 6.07 Å². The summed E-state index contributed by atoms with van der Waals surface area (Å²) in [6, 6.07) is 17.4. The molecule has 1 N–H and O–H groups in total. The molecule has 2 heterocycles. The molecular formula is C21H19N3O3. The lowest BCUT2D eigenvalue weighted by molar-refractivity contribution is -0.0675. The average molecular weight is 361 g/mol. The van der Waals surface area contributed by atoms with Gasteiger partial charge in [-0.15, -0.1) is 0 Å². The number of aromatic nitrogens is 2. The van der Waals surface area contributed by atoms with E-state index in [9.17, 15) is 15.2 Å². The zero-order chi connectivity index (χ0) is 19.2. The summed E-state index contributed by atoms with van der Waals surface area (Å²) in [5.41, 5.74) is 0.707. The summed E-state index contributed by atoms with van der Waals surface area (Å²) in [6.07, 6.45) is 0.690. The molecule has 0 radical (unpaired) electrons. The molecule has 1 aromatic heterocycles. The Hall–Kier alpha value is -3.30. The van der Waals surface area contributed by atoms with Crippen molar-refractivity contribution in [1.82, 2.24) is 9.36 Å². The topological polar surface area (TPSA) is 80.2 Å². The van der Waals surface area contributed by atoms with Crippen LogP contribution in [0, 0.1) is 11.3 Å². The minimum Gasteiger partial charge on any atom is -0.485 e. The first-order valence-electron chi connectivity index (χ1n) is 8.69. The van der Waals surface area contributed by atoms with Gasteiger partial charge < -0.3 is 9.84 Å². The van der Waals surface area contributed by atoms with Gasteiger partial charge >= 0.3 is 0 Å². The zero-order valence-electron chi connectivity index (χ0n) is 15.0. The molecule has 0 saturated carbocycles. The molecule has 0 fully saturated rings. The summed E-state index contributed by atoms with van der Waals surface area (Å²) < 4.78 is 9.20. The SMILES string of the molecule is CC1(C)Oc2ccc(C#N)cc2[C@@H](n2c(=O)ccn2-c2ccccc2)[C@@H]1O. The number of aliphatic hydroxyl groups excluding tert-OH is 1. The van der Waals surface area contributed by atoms with Gasteiger partial charge in [0.25, 0.3) is 5.56 Å². The highest BCUT2D eigenvalue weighted by Gasteiger charge is 2.45. The molecule has 0 saturated heterocycles. The normalized spacial score (nSPS) is 20.4. The number of aliphatic hydroxyl groups is 1. The number of hydrogen-bond acceptors (Lipinski definition) is 4. The van der Waals surface area contributed by atoms with E-state index in [4.69, 9.17) is 4.74 Å². The van der Waals surface area contributed by atoms with Crippen LogP contribution in [0.5, 0.6) is 5.75 Å². The number of nitrogens with zero attached hydrogens (tertiary/aromatic N) is 3. The maximum absolute atomic E-state index is 12.8. The van der Waals surface area contributed by atoms with Gasteiger partial charge in [0.15, 0.2) is 0 Å². The quantitative estimate of drug-likeness (QED) is 0.761. The molecule has 6 nitrogen and oxygen atoms in total. The van der Waals surface area contributed by atoms with Gasteiger partial charge in [-0.3, -0.25) is 9.48 Å². The molecule has 0 amide bonds. The van der Waals surface area contributed by atoms with Gasteiger partial charge in [-0.25, -0.2) is 4.68 Å². The highest BCUT2D eigenvalue weighted by Crippen LogP contribution is 2.42. The van der Waals surface area contributed by atoms with Gasteiger partial charge in [-0.2, -0.15) is 5.26 Å². The van der Waals surface area contributed by atoms with Crippen LogP contribution >= 0.6 is 0 Å². The predicted molar refractivity (Wildman–Crippen MR) is 100 cm³/mol. The van der Waals surface area contributed by atoms with Gasteiger partial charge in [0, 0.05) is 17.8 Å². The van der Waals surface area contributed by atoms with Gasteiger partial charge in [-0.1, -0.05) is 18.2 Å². The fourth-order valence-corrected chi connectivity index (χ4v) is 3.55. The Balaban J connectivity index is 1.98. The van der Waals surface area contributed by atoms with E-state index in [0.29, 0.717) is 16.9 Å². The van der Waals surface area contributed by atoms with Crippen molar-refractivity contribution in [2.24, 2.45) is 0 Å². The van der Waals surface area contributed by atoms with Crippen molar-refractivity contribution in [2.75, 3.05) is 0 Å². The van der Waals surface area contributed by atoms with Crippen molar-refractivity contribution in [3.8, 4) is 17.5 Å². The molecule has 0 unspecified atom stereocenters. The maximum atomic E-state index is 12.8. The van der Waals surface area contributed by atoms with Crippen LogP contribution in [0.4, 0.5) is 0 Å². The zero-order valence-corrected chi connectivity index (χ0v) is 15.0. The number of rotatable bonds is 2. The molecule has 1 aliphatic heterocycles. The van der Waals surface area contributed by atoms with Gasteiger partial charge in [0.1, 0.15) is 23.5 Å². The third-order valence-electron chi connectivity index (χ3n) is 4.94. The van der Waals surface area contributed by atoms with Crippen LogP contribution in [-0.2, 0) is 0 Å². The van der Waals surface area contributed by atoms with Gasteiger partial charge in [-0.05, 0) is 44.2 Å². The van der Waals surface area contributed by atoms with E-state index in [1.165, 1.54) is 10.7 Å². The second-order valence-corrected chi connectivity index (χ2v) is 7.14. The third-order valence-corrected chi connectivity index (χ3v) is 4.94. The van der Waals surface area contributed by atoms with E-state index >= 15 is 0 Å². The van der Waals surface area contributed by atoms with Gasteiger partial charge in [0.2, 0.25) is 0 Å². The predicted octanol–water partition coefficient (Wildman–Crippen LogP) is 2.63. The lowest BCUT2D eigenvalue weighted by Gasteiger charge is -2.42. The molecule has 0 bridgehead atoms. The average Bonchev–Trinajstić information content (AvgIpc) is 3.04. The smallest absolute Gasteiger partial charge is 0.267 e. The van der Waals surface area contributed by atoms with Crippen LogP contribution < -0.4 is 10.3 Å². The summed E-state index contributed by atoms with van der Waals surface area (Å²) in [5, 5.41) is 20.4. The highest BCUT2D eigenvalue weighted by atomic mass is 16.5. The second kappa shape index (κ2) is 6.15. The molecule has 2 atom stereocenters. The summed E-state index contributed by atoms with van der Waals surface area (Å²) in [7, 11) is 0. The second-order valence-electron chi connectivity index (χ2n) is 7.14. The maximum Gasteiger partial charge on any atom is 0.267 e. The fraction of sp³-hybridized carbons (Fsp3) is 0.238. The number of nitriles is 1. The van der Waals surface area contributed by atoms with E-state index in [1.54, 1.807) is 42.9 Å². The number of benzene rings is 2. The first kappa shape index (κ1) is 17.1. The Labute approximate surface area is 156 Å². The first-order chi connectivity index (χ1) is 12.9. The fourth-order valence-electron chi connectivity index (χ4n) is 3.55. The minimum absolute atomic E-state index is 0.242. The Kier molecular flexibility index (Phi) is 3.90. The van der Waals surface area contributed by atoms with Crippen LogP contribution in [0.15, 0.2) is 65.6 Å². The summed E-state index contributed by atoms with van der Waals surface area (Å²) in [6.45, 7) is 3.57. The largest absolute Gasteiger partial charge is 0.485 e. The van der Waals surface area contributed by atoms with Crippen LogP contribution in [0.1, 0.15) is 31.0 Å². The molecule has 136 valence electrons. The lowest BCUT2D eigenvalue weighted by atomic mass is 9.86. The Bertz CT molecular complexity index is 1090. The standard InChI is InChI=1S/C21H19N3O3/c1-21(2)20(26)19(16-12-14(13-22)8-9-17(16)27-21)24-18(25)10-11-23(24)15-6-4-3-5-7-15/h3-12,19-20,26H,1-2H3/t19-,20+/m1/s1. The number of hydrogen-bond donors (Lipinski definition) is 1. The molecule has 27 heavy (non-hydrogen) atoms. The summed E-state index contributed by atoms with van der Waals surface area (Å²) >= 11 is 0. The van der Waals surface area contributed by atoms with E-state index < -0.39 is 17.7 Å². The Morgan fingerprint density at radius 3 is 2.59 bits per heavy atom. The van der Waals surface area contributed by atoms with Crippen LogP contribution in [0.2, 0.25) is 0 Å². The monoisotopic (exact) mass is 361 g/mol. The van der Waals surface area contributed by atoms with Crippen molar-refractivity contribution >= 4 is 0 Å². The highest BCUT2D eigenvalue weighted by molar-refractivity contribution is 5.47. The summed E-state index contributed by atoms with van der Waals surface area (Å²) in [5.74, 6) is 0.557.